The van der Waals surface area contributed by atoms with E-state index < -0.39 is 0 Å². The van der Waals surface area contributed by atoms with E-state index >= 15 is 0 Å². The van der Waals surface area contributed by atoms with Crippen LogP contribution < -0.4 is 4.74 Å². The Labute approximate surface area is 115 Å². The number of pyridine rings is 1. The summed E-state index contributed by atoms with van der Waals surface area (Å²) in [5, 5.41) is 0.992. The first-order chi connectivity index (χ1) is 8.70. The molecule has 0 radical (unpaired) electrons. The number of ether oxygens (including phenoxy) is 1. The molecule has 0 aliphatic rings. The first-order valence-electron chi connectivity index (χ1n) is 5.18. The topological polar surface area (TPSA) is 34.5 Å². The molecule has 5 heteroatoms. The molecule has 0 aliphatic carbocycles. The average Bonchev–Trinajstić information content (AvgIpc) is 2.37. The van der Waals surface area contributed by atoms with Crippen LogP contribution in [0.25, 0.3) is 0 Å². The first-order valence-corrected chi connectivity index (χ1v) is 5.93. The summed E-state index contributed by atoms with van der Waals surface area (Å²) in [7, 11) is 1.55. The quantitative estimate of drug-likeness (QED) is 0.792. The van der Waals surface area contributed by atoms with Crippen LogP contribution in [0.15, 0.2) is 41.7 Å². The zero-order valence-corrected chi connectivity index (χ0v) is 11.1. The third kappa shape index (κ3) is 3.00. The number of rotatable bonds is 3. The van der Waals surface area contributed by atoms with E-state index in [2.05, 4.69) is 9.98 Å². The minimum absolute atomic E-state index is 0.456. The Kier molecular flexibility index (Phi) is 4.18. The van der Waals surface area contributed by atoms with Crippen molar-refractivity contribution < 1.29 is 4.74 Å². The van der Waals surface area contributed by atoms with Crippen LogP contribution in [0, 0.1) is 0 Å². The Morgan fingerprint density at radius 2 is 2.17 bits per heavy atom. The summed E-state index contributed by atoms with van der Waals surface area (Å²) < 4.78 is 5.22. The minimum atomic E-state index is 0.456. The van der Waals surface area contributed by atoms with Gasteiger partial charge in [-0.15, -0.1) is 0 Å². The van der Waals surface area contributed by atoms with Crippen molar-refractivity contribution in [1.82, 2.24) is 4.98 Å². The van der Waals surface area contributed by atoms with Crippen LogP contribution in [0.4, 0.5) is 5.69 Å². The number of hydrogen-bond acceptors (Lipinski definition) is 3. The molecule has 0 N–H and O–H groups in total. The van der Waals surface area contributed by atoms with E-state index in [0.29, 0.717) is 15.8 Å². The minimum Gasteiger partial charge on any atom is -0.495 e. The molecule has 0 spiro atoms. The van der Waals surface area contributed by atoms with Gasteiger partial charge in [0.15, 0.2) is 0 Å². The normalized spacial score (nSPS) is 10.8. The van der Waals surface area contributed by atoms with Crippen molar-refractivity contribution in [3.63, 3.8) is 0 Å². The fraction of sp³-hybridized carbons (Fsp3) is 0.0769. The summed E-state index contributed by atoms with van der Waals surface area (Å²) >= 11 is 12.0. The molecule has 18 heavy (non-hydrogen) atoms. The third-order valence-corrected chi connectivity index (χ3v) is 2.74. The van der Waals surface area contributed by atoms with Gasteiger partial charge in [0.2, 0.25) is 0 Å². The van der Waals surface area contributed by atoms with E-state index in [0.717, 1.165) is 11.3 Å². The summed E-state index contributed by atoms with van der Waals surface area (Å²) in [6, 6.07) is 7.03. The number of methoxy groups -OCH3 is 1. The lowest BCUT2D eigenvalue weighted by molar-refractivity contribution is 0.414. The number of benzene rings is 1. The van der Waals surface area contributed by atoms with Gasteiger partial charge in [-0.25, -0.2) is 0 Å². The second-order valence-electron chi connectivity index (χ2n) is 3.48. The van der Waals surface area contributed by atoms with E-state index in [9.17, 15) is 0 Å². The molecule has 0 fully saturated rings. The highest BCUT2D eigenvalue weighted by Gasteiger charge is 2.07. The molecule has 0 atom stereocenters. The van der Waals surface area contributed by atoms with Gasteiger partial charge in [0, 0.05) is 23.0 Å². The zero-order valence-electron chi connectivity index (χ0n) is 9.60. The standard InChI is InChI=1S/C13H10Cl2N2O/c1-18-13-9(5-10(14)6-12(13)15)7-17-11-3-2-4-16-8-11/h2-8H,1H3. The molecule has 0 saturated carbocycles. The summed E-state index contributed by atoms with van der Waals surface area (Å²) in [4.78, 5) is 8.26. The van der Waals surface area contributed by atoms with Crippen LogP contribution in [0.1, 0.15) is 5.56 Å². The number of nitrogens with zero attached hydrogens (tertiary/aromatic N) is 2. The maximum absolute atomic E-state index is 6.03. The molecule has 0 bridgehead atoms. The van der Waals surface area contributed by atoms with Gasteiger partial charge in [-0.1, -0.05) is 23.2 Å². The average molecular weight is 281 g/mol. The highest BCUT2D eigenvalue weighted by molar-refractivity contribution is 6.36. The maximum Gasteiger partial charge on any atom is 0.146 e. The van der Waals surface area contributed by atoms with Crippen LogP contribution >= 0.6 is 23.2 Å². The molecule has 2 aromatic rings. The molecular weight excluding hydrogens is 271 g/mol. The molecule has 0 amide bonds. The lowest BCUT2D eigenvalue weighted by Gasteiger charge is -2.07. The highest BCUT2D eigenvalue weighted by atomic mass is 35.5. The van der Waals surface area contributed by atoms with E-state index in [1.54, 1.807) is 37.9 Å². The molecule has 0 unspecified atom stereocenters. The van der Waals surface area contributed by atoms with Gasteiger partial charge in [-0.05, 0) is 24.3 Å². The van der Waals surface area contributed by atoms with Crippen molar-refractivity contribution in [3.05, 3.63) is 52.3 Å². The Hall–Kier alpha value is -1.58. The van der Waals surface area contributed by atoms with Gasteiger partial charge >= 0.3 is 0 Å². The summed E-state index contributed by atoms with van der Waals surface area (Å²) in [5.74, 6) is 0.550. The van der Waals surface area contributed by atoms with E-state index in [1.807, 2.05) is 12.1 Å². The van der Waals surface area contributed by atoms with Gasteiger partial charge in [0.25, 0.3) is 0 Å². The summed E-state index contributed by atoms with van der Waals surface area (Å²) in [6.45, 7) is 0. The van der Waals surface area contributed by atoms with Gasteiger partial charge in [0.05, 0.1) is 24.0 Å². The number of halogens is 2. The van der Waals surface area contributed by atoms with Crippen LogP contribution in [0.3, 0.4) is 0 Å². The number of aliphatic imine (C=N–C) groups is 1. The number of aromatic nitrogens is 1. The van der Waals surface area contributed by atoms with Crippen molar-refractivity contribution in [2.45, 2.75) is 0 Å². The molecular formula is C13H10Cl2N2O. The lowest BCUT2D eigenvalue weighted by Crippen LogP contribution is -1.92. The Balaban J connectivity index is 2.37. The van der Waals surface area contributed by atoms with Crippen LogP contribution in [0.5, 0.6) is 5.75 Å². The summed E-state index contributed by atoms with van der Waals surface area (Å²) in [6.07, 6.45) is 5.00. The highest BCUT2D eigenvalue weighted by Crippen LogP contribution is 2.31. The van der Waals surface area contributed by atoms with E-state index in [4.69, 9.17) is 27.9 Å². The Morgan fingerprint density at radius 1 is 1.33 bits per heavy atom. The molecule has 1 aromatic heterocycles. The fourth-order valence-corrected chi connectivity index (χ4v) is 2.05. The van der Waals surface area contributed by atoms with E-state index in [-0.39, 0.29) is 0 Å². The molecule has 1 aromatic carbocycles. The predicted molar refractivity (Wildman–Crippen MR) is 74.5 cm³/mol. The van der Waals surface area contributed by atoms with Crippen molar-refractivity contribution in [2.24, 2.45) is 4.99 Å². The largest absolute Gasteiger partial charge is 0.495 e. The van der Waals surface area contributed by atoms with Crippen LogP contribution in [-0.4, -0.2) is 18.3 Å². The SMILES string of the molecule is COc1c(Cl)cc(Cl)cc1C=Nc1cccnc1. The lowest BCUT2D eigenvalue weighted by atomic mass is 10.2. The van der Waals surface area contributed by atoms with Crippen molar-refractivity contribution in [2.75, 3.05) is 7.11 Å². The molecule has 1 heterocycles. The molecule has 0 aliphatic heterocycles. The third-order valence-electron chi connectivity index (χ3n) is 2.24. The second-order valence-corrected chi connectivity index (χ2v) is 4.32. The van der Waals surface area contributed by atoms with Gasteiger partial charge in [0.1, 0.15) is 5.75 Å². The Bertz CT molecular complexity index is 571. The van der Waals surface area contributed by atoms with Gasteiger partial charge < -0.3 is 4.74 Å². The van der Waals surface area contributed by atoms with Gasteiger partial charge in [-0.2, -0.15) is 0 Å². The maximum atomic E-state index is 6.03. The van der Waals surface area contributed by atoms with Crippen molar-refractivity contribution in [1.29, 1.82) is 0 Å². The number of hydrogen-bond donors (Lipinski definition) is 0. The predicted octanol–water partition coefficient (Wildman–Crippen LogP) is 4.15. The molecule has 3 nitrogen and oxygen atoms in total. The Morgan fingerprint density at radius 3 is 2.83 bits per heavy atom. The smallest absolute Gasteiger partial charge is 0.146 e. The van der Waals surface area contributed by atoms with Crippen molar-refractivity contribution >= 4 is 35.1 Å². The second kappa shape index (κ2) is 5.85. The molecule has 92 valence electrons. The monoisotopic (exact) mass is 280 g/mol. The van der Waals surface area contributed by atoms with Crippen LogP contribution in [-0.2, 0) is 0 Å². The summed E-state index contributed by atoms with van der Waals surface area (Å²) in [5.41, 5.74) is 1.47. The van der Waals surface area contributed by atoms with Crippen LogP contribution in [0.2, 0.25) is 10.0 Å². The zero-order chi connectivity index (χ0) is 13.0. The van der Waals surface area contributed by atoms with Gasteiger partial charge in [-0.3, -0.25) is 9.98 Å². The van der Waals surface area contributed by atoms with Crippen molar-refractivity contribution in [3.8, 4) is 5.75 Å². The first kappa shape index (κ1) is 12.9. The van der Waals surface area contributed by atoms with E-state index in [1.165, 1.54) is 0 Å². The molecule has 0 saturated heterocycles. The molecule has 2 rings (SSSR count). The fourth-order valence-electron chi connectivity index (χ4n) is 1.47.